The number of amides is 1. The van der Waals surface area contributed by atoms with Crippen LogP contribution in [0.2, 0.25) is 0 Å². The predicted molar refractivity (Wildman–Crippen MR) is 98.2 cm³/mol. The number of aliphatic imine (C=N–C) groups is 2. The second kappa shape index (κ2) is 6.84. The fourth-order valence-electron chi connectivity index (χ4n) is 2.83. The maximum absolute atomic E-state index is 12.5. The molecule has 1 aromatic carbocycles. The van der Waals surface area contributed by atoms with Crippen LogP contribution in [-0.4, -0.2) is 47.9 Å². The lowest BCUT2D eigenvalue weighted by molar-refractivity contribution is -0.120. The second-order valence-corrected chi connectivity index (χ2v) is 6.53. The van der Waals surface area contributed by atoms with Crippen LogP contribution in [-0.2, 0) is 4.79 Å². The molecule has 0 aromatic heterocycles. The van der Waals surface area contributed by atoms with E-state index in [2.05, 4.69) is 37.9 Å². The number of ether oxygens (including phenoxy) is 1. The average molecular weight is 391 g/mol. The number of rotatable bonds is 5. The summed E-state index contributed by atoms with van der Waals surface area (Å²) in [6.45, 7) is 4.53. The number of fused-ring (bicyclic) bond motifs is 1. The van der Waals surface area contributed by atoms with Gasteiger partial charge in [-0.3, -0.25) is 9.80 Å². The van der Waals surface area contributed by atoms with Crippen LogP contribution in [0.4, 0.5) is 0 Å². The summed E-state index contributed by atoms with van der Waals surface area (Å²) in [4.78, 5) is 21.4. The molecule has 0 bridgehead atoms. The van der Waals surface area contributed by atoms with Gasteiger partial charge in [0.1, 0.15) is 11.5 Å². The average Bonchev–Trinajstić information content (AvgIpc) is 2.86. The number of nitrogens with zero attached hydrogens (tertiary/aromatic N) is 4. The molecule has 24 heavy (non-hydrogen) atoms. The summed E-state index contributed by atoms with van der Waals surface area (Å²) in [5.74, 6) is 0.806. The third-order valence-corrected chi connectivity index (χ3v) is 4.35. The molecule has 0 saturated heterocycles. The normalized spacial score (nSPS) is 19.7. The van der Waals surface area contributed by atoms with Crippen LogP contribution in [0.3, 0.4) is 0 Å². The Morgan fingerprint density at radius 3 is 2.79 bits per heavy atom. The fraction of sp³-hybridized carbons (Fsp3) is 0.412. The highest BCUT2D eigenvalue weighted by Crippen LogP contribution is 2.28. The van der Waals surface area contributed by atoms with Gasteiger partial charge in [0.05, 0.1) is 17.9 Å². The number of amidine groups is 1. The lowest BCUT2D eigenvalue weighted by atomic mass is 10.0. The van der Waals surface area contributed by atoms with Crippen LogP contribution in [0.1, 0.15) is 32.3 Å². The van der Waals surface area contributed by atoms with E-state index in [9.17, 15) is 4.79 Å². The van der Waals surface area contributed by atoms with Crippen molar-refractivity contribution in [3.8, 4) is 5.75 Å². The Balaban J connectivity index is 2.06. The minimum absolute atomic E-state index is 0.241. The van der Waals surface area contributed by atoms with Crippen LogP contribution in [0.15, 0.2) is 37.8 Å². The molecular weight excluding hydrogens is 372 g/mol. The molecule has 3 rings (SSSR count). The standard InChI is InChI=1S/C17H19BrN4O2/c1-4-6-12-14-15(22(3)21-12)17(23)20-16(19-14)11-9-10(18)7-8-13(11)24-5-2/h7-9,15H,4-6H2,1-3H3. The Hall–Kier alpha value is -2.02. The van der Waals surface area contributed by atoms with Crippen molar-refractivity contribution in [2.24, 2.45) is 15.1 Å². The lowest BCUT2D eigenvalue weighted by Gasteiger charge is -2.20. The van der Waals surface area contributed by atoms with Gasteiger partial charge in [-0.05, 0) is 31.5 Å². The molecule has 1 amide bonds. The van der Waals surface area contributed by atoms with E-state index in [0.717, 1.165) is 23.0 Å². The van der Waals surface area contributed by atoms with Gasteiger partial charge in [0.15, 0.2) is 11.9 Å². The summed E-state index contributed by atoms with van der Waals surface area (Å²) >= 11 is 3.46. The monoisotopic (exact) mass is 390 g/mol. The minimum Gasteiger partial charge on any atom is -0.493 e. The van der Waals surface area contributed by atoms with Crippen molar-refractivity contribution in [1.29, 1.82) is 0 Å². The molecule has 0 N–H and O–H groups in total. The molecule has 0 fully saturated rings. The van der Waals surface area contributed by atoms with Crippen LogP contribution in [0, 0.1) is 0 Å². The third-order valence-electron chi connectivity index (χ3n) is 3.85. The second-order valence-electron chi connectivity index (χ2n) is 5.62. The Morgan fingerprint density at radius 2 is 2.08 bits per heavy atom. The molecule has 1 unspecified atom stereocenters. The molecule has 0 radical (unpaired) electrons. The van der Waals surface area contributed by atoms with E-state index in [4.69, 9.17) is 4.74 Å². The van der Waals surface area contributed by atoms with E-state index in [1.165, 1.54) is 0 Å². The summed E-state index contributed by atoms with van der Waals surface area (Å²) in [6, 6.07) is 5.11. The van der Waals surface area contributed by atoms with Crippen molar-refractivity contribution in [2.45, 2.75) is 32.7 Å². The van der Waals surface area contributed by atoms with E-state index in [0.29, 0.717) is 29.5 Å². The molecule has 1 atom stereocenters. The Kier molecular flexibility index (Phi) is 4.80. The van der Waals surface area contributed by atoms with Crippen LogP contribution in [0.5, 0.6) is 5.75 Å². The predicted octanol–water partition coefficient (Wildman–Crippen LogP) is 3.05. The number of hydrogen-bond acceptors (Lipinski definition) is 5. The van der Waals surface area contributed by atoms with Gasteiger partial charge < -0.3 is 4.74 Å². The molecule has 2 aliphatic rings. The topological polar surface area (TPSA) is 66.6 Å². The van der Waals surface area contributed by atoms with Crippen molar-refractivity contribution in [3.05, 3.63) is 28.2 Å². The Morgan fingerprint density at radius 1 is 1.29 bits per heavy atom. The zero-order valence-corrected chi connectivity index (χ0v) is 15.5. The summed E-state index contributed by atoms with van der Waals surface area (Å²) in [7, 11) is 1.78. The first-order chi connectivity index (χ1) is 11.5. The smallest absolute Gasteiger partial charge is 0.278 e. The van der Waals surface area contributed by atoms with Crippen molar-refractivity contribution >= 4 is 39.1 Å². The molecule has 7 heteroatoms. The first-order valence-electron chi connectivity index (χ1n) is 7.99. The van der Waals surface area contributed by atoms with Gasteiger partial charge in [0.2, 0.25) is 0 Å². The van der Waals surface area contributed by atoms with Gasteiger partial charge >= 0.3 is 0 Å². The summed E-state index contributed by atoms with van der Waals surface area (Å²) in [6.07, 6.45) is 1.73. The Bertz CT molecular complexity index is 770. The van der Waals surface area contributed by atoms with Gasteiger partial charge in [-0.25, -0.2) is 4.99 Å². The molecule has 2 aliphatic heterocycles. The summed E-state index contributed by atoms with van der Waals surface area (Å²) in [5.41, 5.74) is 2.27. The SMILES string of the molecule is CCCC1=NN(C)C2C(=O)N=C(c3cc(Br)ccc3OCC)N=C12. The maximum Gasteiger partial charge on any atom is 0.278 e. The number of hydrazone groups is 1. The quantitative estimate of drug-likeness (QED) is 0.775. The molecule has 2 heterocycles. The van der Waals surface area contributed by atoms with Gasteiger partial charge in [0.25, 0.3) is 5.91 Å². The van der Waals surface area contributed by atoms with Gasteiger partial charge in [-0.2, -0.15) is 10.1 Å². The van der Waals surface area contributed by atoms with E-state index < -0.39 is 6.04 Å². The third kappa shape index (κ3) is 3.00. The van der Waals surface area contributed by atoms with Crippen LogP contribution < -0.4 is 4.74 Å². The van der Waals surface area contributed by atoms with E-state index in [1.807, 2.05) is 25.1 Å². The van der Waals surface area contributed by atoms with E-state index in [-0.39, 0.29) is 5.91 Å². The molecule has 0 spiro atoms. The number of halogens is 1. The lowest BCUT2D eigenvalue weighted by Crippen LogP contribution is -2.41. The number of benzene rings is 1. The number of hydrogen-bond donors (Lipinski definition) is 0. The molecule has 0 saturated carbocycles. The number of likely N-dealkylation sites (N-methyl/N-ethyl adjacent to an activating group) is 1. The minimum atomic E-state index is -0.502. The van der Waals surface area contributed by atoms with Gasteiger partial charge in [-0.1, -0.05) is 29.3 Å². The first-order valence-corrected chi connectivity index (χ1v) is 8.79. The zero-order valence-electron chi connectivity index (χ0n) is 13.9. The van der Waals surface area contributed by atoms with Crippen LogP contribution >= 0.6 is 15.9 Å². The Labute approximate surface area is 149 Å². The largest absolute Gasteiger partial charge is 0.493 e. The molecule has 126 valence electrons. The first kappa shape index (κ1) is 16.8. The summed E-state index contributed by atoms with van der Waals surface area (Å²) in [5, 5.41) is 6.11. The van der Waals surface area contributed by atoms with Crippen molar-refractivity contribution in [1.82, 2.24) is 5.01 Å². The molecule has 1 aromatic rings. The van der Waals surface area contributed by atoms with Crippen molar-refractivity contribution in [2.75, 3.05) is 13.7 Å². The van der Waals surface area contributed by atoms with Gasteiger partial charge in [0, 0.05) is 11.5 Å². The van der Waals surface area contributed by atoms with E-state index in [1.54, 1.807) is 12.1 Å². The number of carbonyl (C=O) groups excluding carboxylic acids is 1. The molecular formula is C17H19BrN4O2. The van der Waals surface area contributed by atoms with E-state index >= 15 is 0 Å². The highest BCUT2D eigenvalue weighted by molar-refractivity contribution is 9.10. The highest BCUT2D eigenvalue weighted by atomic mass is 79.9. The molecule has 0 aliphatic carbocycles. The van der Waals surface area contributed by atoms with Crippen LogP contribution in [0.25, 0.3) is 0 Å². The van der Waals surface area contributed by atoms with Gasteiger partial charge in [-0.15, -0.1) is 0 Å². The number of carbonyl (C=O) groups is 1. The fourth-order valence-corrected chi connectivity index (χ4v) is 3.20. The van der Waals surface area contributed by atoms with Crippen molar-refractivity contribution in [3.63, 3.8) is 0 Å². The summed E-state index contributed by atoms with van der Waals surface area (Å²) < 4.78 is 6.54. The van der Waals surface area contributed by atoms with Crippen molar-refractivity contribution < 1.29 is 9.53 Å². The highest BCUT2D eigenvalue weighted by Gasteiger charge is 2.39. The maximum atomic E-state index is 12.5. The zero-order chi connectivity index (χ0) is 17.3. The molecule has 6 nitrogen and oxygen atoms in total.